The molecule has 3 heterocycles. The molecule has 0 amide bonds. The molecular formula is C24H22N8. The van der Waals surface area contributed by atoms with Gasteiger partial charge in [-0.2, -0.15) is 5.10 Å². The fourth-order valence-corrected chi connectivity index (χ4v) is 3.47. The Morgan fingerprint density at radius 1 is 1.06 bits per heavy atom. The lowest BCUT2D eigenvalue weighted by Gasteiger charge is -2.11. The van der Waals surface area contributed by atoms with E-state index in [9.17, 15) is 0 Å². The van der Waals surface area contributed by atoms with E-state index in [2.05, 4.69) is 37.4 Å². The maximum atomic E-state index is 4.78. The van der Waals surface area contributed by atoms with Crippen LogP contribution in [0.3, 0.4) is 0 Å². The van der Waals surface area contributed by atoms with Gasteiger partial charge >= 0.3 is 0 Å². The summed E-state index contributed by atoms with van der Waals surface area (Å²) in [5.41, 5.74) is 12.7. The first-order valence-corrected chi connectivity index (χ1v) is 10.2. The molecular weight excluding hydrogens is 400 g/mol. The van der Waals surface area contributed by atoms with Gasteiger partial charge in [-0.05, 0) is 68.0 Å². The number of hydrogen-bond donors (Lipinski definition) is 4. The van der Waals surface area contributed by atoms with Crippen molar-refractivity contribution in [3.63, 3.8) is 0 Å². The summed E-state index contributed by atoms with van der Waals surface area (Å²) < 4.78 is 0. The molecule has 0 unspecified atom stereocenters. The first-order chi connectivity index (χ1) is 15.7. The number of benzene rings is 2. The van der Waals surface area contributed by atoms with Gasteiger partial charge in [-0.25, -0.2) is 9.97 Å². The third-order valence-corrected chi connectivity index (χ3v) is 5.19. The summed E-state index contributed by atoms with van der Waals surface area (Å²) in [4.78, 5) is 13.9. The number of rotatable bonds is 5. The standard InChI is InChI=1S/C24H22N8/c1-15-11-17(3-5-21(15)29-16(2)18-7-10-26-27-13-18)24-25-9-8-23(31-24)30-20-4-6-22-19(12-20)14-28-32-22/h3-14,26-27H,1-2H3,(H,28,32)(H,25,30,31). The molecule has 0 atom stereocenters. The zero-order valence-electron chi connectivity index (χ0n) is 17.7. The zero-order valence-corrected chi connectivity index (χ0v) is 17.7. The minimum atomic E-state index is 0.655. The van der Waals surface area contributed by atoms with Crippen LogP contribution in [0.2, 0.25) is 0 Å². The number of hydrogen-bond acceptors (Lipinski definition) is 7. The molecule has 0 fully saturated rings. The van der Waals surface area contributed by atoms with Crippen molar-refractivity contribution < 1.29 is 0 Å². The molecule has 2 aromatic heterocycles. The molecule has 8 nitrogen and oxygen atoms in total. The number of nitrogens with zero attached hydrogens (tertiary/aromatic N) is 4. The van der Waals surface area contributed by atoms with Crippen LogP contribution in [-0.2, 0) is 0 Å². The highest BCUT2D eigenvalue weighted by Crippen LogP contribution is 2.27. The van der Waals surface area contributed by atoms with Crippen molar-refractivity contribution in [2.75, 3.05) is 5.32 Å². The summed E-state index contributed by atoms with van der Waals surface area (Å²) in [5, 5.41) is 11.4. The molecule has 0 bridgehead atoms. The highest BCUT2D eigenvalue weighted by atomic mass is 15.3. The number of aromatic amines is 1. The van der Waals surface area contributed by atoms with Gasteiger partial charge in [0.2, 0.25) is 0 Å². The second kappa shape index (κ2) is 8.35. The Balaban J connectivity index is 1.38. The molecule has 5 rings (SSSR count). The lowest BCUT2D eigenvalue weighted by molar-refractivity contribution is 0.763. The van der Waals surface area contributed by atoms with Crippen molar-refractivity contribution >= 4 is 33.8 Å². The molecule has 4 aromatic rings. The second-order valence-corrected chi connectivity index (χ2v) is 7.48. The number of anilines is 2. The average Bonchev–Trinajstić information content (AvgIpc) is 3.29. The van der Waals surface area contributed by atoms with Gasteiger partial charge < -0.3 is 16.2 Å². The molecule has 4 N–H and O–H groups in total. The summed E-state index contributed by atoms with van der Waals surface area (Å²) in [7, 11) is 0. The van der Waals surface area contributed by atoms with Crippen molar-refractivity contribution in [2.45, 2.75) is 13.8 Å². The molecule has 0 radical (unpaired) electrons. The molecule has 8 heteroatoms. The van der Waals surface area contributed by atoms with Gasteiger partial charge in [0.25, 0.3) is 0 Å². The average molecular weight is 422 g/mol. The molecule has 32 heavy (non-hydrogen) atoms. The van der Waals surface area contributed by atoms with Crippen LogP contribution in [0.4, 0.5) is 17.2 Å². The van der Waals surface area contributed by atoms with Crippen LogP contribution < -0.4 is 16.2 Å². The fraction of sp³-hybridized carbons (Fsp3) is 0.0833. The van der Waals surface area contributed by atoms with Crippen LogP contribution in [0.1, 0.15) is 12.5 Å². The van der Waals surface area contributed by atoms with Crippen LogP contribution >= 0.6 is 0 Å². The normalized spacial score (nSPS) is 13.4. The number of fused-ring (bicyclic) bond motifs is 1. The lowest BCUT2D eigenvalue weighted by atomic mass is 10.1. The minimum Gasteiger partial charge on any atom is -0.340 e. The Hall–Kier alpha value is -4.46. The molecule has 0 aliphatic carbocycles. The zero-order chi connectivity index (χ0) is 21.9. The topological polar surface area (TPSA) is 103 Å². The number of aliphatic imine (C=N–C) groups is 1. The Bertz CT molecular complexity index is 1380. The molecule has 0 saturated heterocycles. The number of H-pyrrole nitrogens is 1. The van der Waals surface area contributed by atoms with Crippen LogP contribution in [0.5, 0.6) is 0 Å². The highest BCUT2D eigenvalue weighted by molar-refractivity contribution is 6.02. The number of nitrogens with one attached hydrogen (secondary N) is 4. The van der Waals surface area contributed by atoms with Gasteiger partial charge in [-0.1, -0.05) is 0 Å². The maximum Gasteiger partial charge on any atom is 0.161 e. The Morgan fingerprint density at radius 2 is 2.00 bits per heavy atom. The van der Waals surface area contributed by atoms with Crippen LogP contribution in [0, 0.1) is 6.92 Å². The molecule has 1 aliphatic heterocycles. The van der Waals surface area contributed by atoms with E-state index in [1.165, 1.54) is 0 Å². The first kappa shape index (κ1) is 19.5. The molecule has 2 aromatic carbocycles. The van der Waals surface area contributed by atoms with E-state index in [1.807, 2.05) is 68.7 Å². The predicted molar refractivity (Wildman–Crippen MR) is 128 cm³/mol. The van der Waals surface area contributed by atoms with Crippen molar-refractivity contribution in [2.24, 2.45) is 4.99 Å². The van der Waals surface area contributed by atoms with Crippen molar-refractivity contribution in [3.05, 3.63) is 84.5 Å². The van der Waals surface area contributed by atoms with E-state index in [1.54, 1.807) is 12.4 Å². The Morgan fingerprint density at radius 3 is 2.84 bits per heavy atom. The number of aryl methyl sites for hydroxylation is 1. The van der Waals surface area contributed by atoms with Crippen molar-refractivity contribution in [1.29, 1.82) is 0 Å². The van der Waals surface area contributed by atoms with E-state index in [4.69, 9.17) is 9.98 Å². The van der Waals surface area contributed by atoms with Crippen LogP contribution in [0.15, 0.2) is 83.9 Å². The van der Waals surface area contributed by atoms with Gasteiger partial charge in [0.05, 0.1) is 17.4 Å². The minimum absolute atomic E-state index is 0.655. The monoisotopic (exact) mass is 422 g/mol. The number of aromatic nitrogens is 4. The summed E-state index contributed by atoms with van der Waals surface area (Å²) in [6.45, 7) is 4.04. The fourth-order valence-electron chi connectivity index (χ4n) is 3.47. The quantitative estimate of drug-likeness (QED) is 0.349. The molecule has 158 valence electrons. The Labute approximate surface area is 185 Å². The first-order valence-electron chi connectivity index (χ1n) is 10.2. The summed E-state index contributed by atoms with van der Waals surface area (Å²) in [5.74, 6) is 1.38. The maximum absolute atomic E-state index is 4.78. The molecule has 0 saturated carbocycles. The third-order valence-electron chi connectivity index (χ3n) is 5.19. The highest BCUT2D eigenvalue weighted by Gasteiger charge is 2.08. The van der Waals surface area contributed by atoms with Gasteiger partial charge in [0.1, 0.15) is 5.82 Å². The lowest BCUT2D eigenvalue weighted by Crippen LogP contribution is -2.24. The SMILES string of the molecule is CC(=Nc1ccc(-c2nccc(Nc3ccc4[nH]ncc4c3)n2)cc1C)C1=CNNC=C1. The van der Waals surface area contributed by atoms with Gasteiger partial charge in [0.15, 0.2) is 5.82 Å². The second-order valence-electron chi connectivity index (χ2n) is 7.48. The predicted octanol–water partition coefficient (Wildman–Crippen LogP) is 4.67. The molecule has 0 spiro atoms. The van der Waals surface area contributed by atoms with E-state index in [-0.39, 0.29) is 0 Å². The van der Waals surface area contributed by atoms with Gasteiger partial charge in [-0.3, -0.25) is 10.1 Å². The largest absolute Gasteiger partial charge is 0.340 e. The Kier molecular flexibility index (Phi) is 5.09. The van der Waals surface area contributed by atoms with Crippen LogP contribution in [0.25, 0.3) is 22.3 Å². The number of hydrazine groups is 1. The third kappa shape index (κ3) is 4.06. The summed E-state index contributed by atoms with van der Waals surface area (Å²) >= 11 is 0. The van der Waals surface area contributed by atoms with E-state index in [0.717, 1.165) is 50.5 Å². The van der Waals surface area contributed by atoms with Crippen LogP contribution in [-0.4, -0.2) is 25.9 Å². The van der Waals surface area contributed by atoms with E-state index >= 15 is 0 Å². The van der Waals surface area contributed by atoms with Crippen molar-refractivity contribution in [3.8, 4) is 11.4 Å². The summed E-state index contributed by atoms with van der Waals surface area (Å²) in [6.07, 6.45) is 9.27. The van der Waals surface area contributed by atoms with E-state index in [0.29, 0.717) is 5.82 Å². The van der Waals surface area contributed by atoms with Crippen molar-refractivity contribution in [1.82, 2.24) is 31.0 Å². The van der Waals surface area contributed by atoms with E-state index < -0.39 is 0 Å². The molecule has 1 aliphatic rings. The van der Waals surface area contributed by atoms with Gasteiger partial charge in [-0.15, -0.1) is 0 Å². The number of allylic oxidation sites excluding steroid dienone is 2. The van der Waals surface area contributed by atoms with Gasteiger partial charge in [0, 0.05) is 46.5 Å². The smallest absolute Gasteiger partial charge is 0.161 e. The summed E-state index contributed by atoms with van der Waals surface area (Å²) in [6, 6.07) is 13.9.